The Kier molecular flexibility index (Phi) is 7.78. The van der Waals surface area contributed by atoms with Gasteiger partial charge in [0.05, 0.1) is 5.39 Å². The van der Waals surface area contributed by atoms with Crippen LogP contribution in [0.15, 0.2) is 18.6 Å². The molecule has 1 fully saturated rings. The van der Waals surface area contributed by atoms with Crippen LogP contribution in [0, 0.1) is 18.3 Å². The smallest absolute Gasteiger partial charge is 0.408 e. The quantitative estimate of drug-likeness (QED) is 0.317. The highest BCUT2D eigenvalue weighted by Crippen LogP contribution is 2.42. The van der Waals surface area contributed by atoms with Gasteiger partial charge in [0.1, 0.15) is 35.5 Å². The van der Waals surface area contributed by atoms with Crippen molar-refractivity contribution in [3.8, 4) is 12.3 Å². The van der Waals surface area contributed by atoms with Crippen LogP contribution in [-0.2, 0) is 19.0 Å². The zero-order valence-corrected chi connectivity index (χ0v) is 21.0. The minimum atomic E-state index is -2.14. The maximum Gasteiger partial charge on any atom is 0.408 e. The zero-order chi connectivity index (χ0) is 26.8. The first kappa shape index (κ1) is 27.2. The number of nitrogens with zero attached hydrogens (tertiary/aromatic N) is 3. The Hall–Kier alpha value is -3.40. The van der Waals surface area contributed by atoms with Crippen LogP contribution in [0.5, 0.6) is 0 Å². The van der Waals surface area contributed by atoms with E-state index in [1.807, 2.05) is 0 Å². The highest BCUT2D eigenvalue weighted by Gasteiger charge is 2.58. The predicted octanol–water partition coefficient (Wildman–Crippen LogP) is 1.12. The van der Waals surface area contributed by atoms with Crippen molar-refractivity contribution in [1.29, 1.82) is 0 Å². The van der Waals surface area contributed by atoms with Crippen molar-refractivity contribution < 1.29 is 34.0 Å². The van der Waals surface area contributed by atoms with E-state index in [1.54, 1.807) is 46.9 Å². The number of terminal acetylenes is 1. The predicted molar refractivity (Wildman–Crippen MR) is 129 cm³/mol. The van der Waals surface area contributed by atoms with Gasteiger partial charge in [0, 0.05) is 19.2 Å². The van der Waals surface area contributed by atoms with Crippen molar-refractivity contribution >= 4 is 28.9 Å². The molecule has 3 rings (SSSR count). The molecule has 0 aromatic carbocycles. The summed E-state index contributed by atoms with van der Waals surface area (Å²) in [6.07, 6.45) is 4.25. The highest BCUT2D eigenvalue weighted by atomic mass is 16.6. The van der Waals surface area contributed by atoms with Crippen LogP contribution in [0.1, 0.15) is 47.3 Å². The van der Waals surface area contributed by atoms with Gasteiger partial charge in [0.15, 0.2) is 12.3 Å². The van der Waals surface area contributed by atoms with Crippen molar-refractivity contribution in [3.63, 3.8) is 0 Å². The van der Waals surface area contributed by atoms with E-state index in [9.17, 15) is 19.8 Å². The molecule has 0 radical (unpaired) electrons. The molecule has 1 aliphatic rings. The number of hydrogen-bond donors (Lipinski definition) is 4. The molecule has 1 aliphatic heterocycles. The summed E-state index contributed by atoms with van der Waals surface area (Å²) in [6.45, 7) is 8.19. The number of amides is 1. The minimum absolute atomic E-state index is 0.0145. The van der Waals surface area contributed by atoms with E-state index >= 15 is 0 Å². The Morgan fingerprint density at radius 3 is 2.67 bits per heavy atom. The fraction of sp³-hybridized carbons (Fsp3) is 0.583. The molecule has 3 heterocycles. The average Bonchev–Trinajstić information content (AvgIpc) is 3.32. The Morgan fingerprint density at radius 1 is 1.39 bits per heavy atom. The summed E-state index contributed by atoms with van der Waals surface area (Å²) in [7, 11) is 0. The number of hydrogen-bond acceptors (Lipinski definition) is 10. The SMILES string of the molecule is C#CC1(O)C(OC(=O)C(NC(=O)OC(C)(C)C)C(C)C)C(CCO)OC1n1ccc2c(N)ncnc21. The molecule has 2 aromatic heterocycles. The van der Waals surface area contributed by atoms with Crippen molar-refractivity contribution in [3.05, 3.63) is 18.6 Å². The lowest BCUT2D eigenvalue weighted by Crippen LogP contribution is -2.52. The molecular formula is C24H33N5O7. The Balaban J connectivity index is 1.92. The third kappa shape index (κ3) is 5.38. The van der Waals surface area contributed by atoms with Gasteiger partial charge in [-0.15, -0.1) is 6.42 Å². The van der Waals surface area contributed by atoms with E-state index in [0.29, 0.717) is 11.0 Å². The summed E-state index contributed by atoms with van der Waals surface area (Å²) in [5.41, 5.74) is 3.35. The number of ether oxygens (including phenoxy) is 3. The molecular weight excluding hydrogens is 470 g/mol. The first-order chi connectivity index (χ1) is 16.8. The van der Waals surface area contributed by atoms with Crippen molar-refractivity contribution in [2.75, 3.05) is 12.3 Å². The summed E-state index contributed by atoms with van der Waals surface area (Å²) in [4.78, 5) is 33.7. The van der Waals surface area contributed by atoms with Crippen LogP contribution in [0.3, 0.4) is 0 Å². The van der Waals surface area contributed by atoms with E-state index in [2.05, 4.69) is 21.2 Å². The molecule has 1 saturated heterocycles. The summed E-state index contributed by atoms with van der Waals surface area (Å²) in [5.74, 6) is 1.31. The topological polar surface area (TPSA) is 171 Å². The molecule has 0 aliphatic carbocycles. The van der Waals surface area contributed by atoms with Gasteiger partial charge in [-0.1, -0.05) is 19.8 Å². The molecule has 12 heteroatoms. The Bertz CT molecular complexity index is 1150. The van der Waals surface area contributed by atoms with Gasteiger partial charge in [-0.2, -0.15) is 0 Å². The van der Waals surface area contributed by atoms with Gasteiger partial charge >= 0.3 is 12.1 Å². The third-order valence-electron chi connectivity index (χ3n) is 5.73. The zero-order valence-electron chi connectivity index (χ0n) is 21.0. The van der Waals surface area contributed by atoms with E-state index < -0.39 is 47.7 Å². The number of carbonyl (C=O) groups excluding carboxylic acids is 2. The maximum absolute atomic E-state index is 13.2. The van der Waals surface area contributed by atoms with Crippen molar-refractivity contribution in [2.45, 2.75) is 76.7 Å². The van der Waals surface area contributed by atoms with Gasteiger partial charge in [-0.25, -0.2) is 19.6 Å². The lowest BCUT2D eigenvalue weighted by atomic mass is 9.93. The number of carbonyl (C=O) groups is 2. The van der Waals surface area contributed by atoms with Crippen LogP contribution in [-0.4, -0.2) is 72.9 Å². The molecule has 0 saturated carbocycles. The number of esters is 1. The second kappa shape index (κ2) is 10.3. The molecule has 5 unspecified atom stereocenters. The first-order valence-corrected chi connectivity index (χ1v) is 11.6. The minimum Gasteiger partial charge on any atom is -0.454 e. The molecule has 0 spiro atoms. The number of aromatic nitrogens is 3. The van der Waals surface area contributed by atoms with Gasteiger partial charge < -0.3 is 40.0 Å². The number of rotatable bonds is 7. The van der Waals surface area contributed by atoms with Gasteiger partial charge in [0.25, 0.3) is 0 Å². The first-order valence-electron chi connectivity index (χ1n) is 11.6. The van der Waals surface area contributed by atoms with Crippen molar-refractivity contribution in [2.24, 2.45) is 5.92 Å². The fourth-order valence-corrected chi connectivity index (χ4v) is 4.02. The van der Waals surface area contributed by atoms with E-state index in [0.717, 1.165) is 0 Å². The van der Waals surface area contributed by atoms with Crippen LogP contribution in [0.25, 0.3) is 11.0 Å². The van der Waals surface area contributed by atoms with Gasteiger partial charge in [0.2, 0.25) is 5.60 Å². The van der Waals surface area contributed by atoms with Gasteiger partial charge in [-0.05, 0) is 32.8 Å². The van der Waals surface area contributed by atoms with Crippen LogP contribution in [0.2, 0.25) is 0 Å². The summed E-state index contributed by atoms with van der Waals surface area (Å²) < 4.78 is 18.4. The number of aliphatic hydroxyl groups is 2. The summed E-state index contributed by atoms with van der Waals surface area (Å²) in [6, 6.07) is 0.542. The lowest BCUT2D eigenvalue weighted by Gasteiger charge is -2.31. The molecule has 1 amide bonds. The number of fused-ring (bicyclic) bond motifs is 1. The number of alkyl carbamates (subject to hydrolysis) is 1. The van der Waals surface area contributed by atoms with Crippen LogP contribution >= 0.6 is 0 Å². The second-order valence-electron chi connectivity index (χ2n) is 9.95. The van der Waals surface area contributed by atoms with Crippen LogP contribution in [0.4, 0.5) is 10.6 Å². The summed E-state index contributed by atoms with van der Waals surface area (Å²) in [5, 5.41) is 24.2. The molecule has 12 nitrogen and oxygen atoms in total. The highest BCUT2D eigenvalue weighted by molar-refractivity contribution is 5.86. The maximum atomic E-state index is 13.2. The molecule has 0 bridgehead atoms. The molecule has 36 heavy (non-hydrogen) atoms. The largest absolute Gasteiger partial charge is 0.454 e. The summed E-state index contributed by atoms with van der Waals surface area (Å²) >= 11 is 0. The molecule has 5 N–H and O–H groups in total. The number of nitrogens with two attached hydrogens (primary N) is 1. The monoisotopic (exact) mass is 503 g/mol. The second-order valence-corrected chi connectivity index (χ2v) is 9.95. The van der Waals surface area contributed by atoms with Gasteiger partial charge in [-0.3, -0.25) is 0 Å². The number of nitrogen functional groups attached to an aromatic ring is 1. The molecule has 5 atom stereocenters. The standard InChI is InChI=1S/C24H33N5O7/c1-7-24(33)17(35-20(31)16(13(2)3)28-22(32)36-23(4,5)6)15(9-11-30)34-21(24)29-10-8-14-18(25)26-12-27-19(14)29/h1,8,10,12-13,15-17,21,30,33H,9,11H2,2-6H3,(H,28,32)(H2,25,26,27). The number of aliphatic hydroxyl groups excluding tert-OH is 1. The van der Waals surface area contributed by atoms with Crippen molar-refractivity contribution in [1.82, 2.24) is 19.9 Å². The lowest BCUT2D eigenvalue weighted by molar-refractivity contribution is -0.163. The van der Waals surface area contributed by atoms with E-state index in [4.69, 9.17) is 26.4 Å². The molecule has 2 aromatic rings. The average molecular weight is 504 g/mol. The molecule has 196 valence electrons. The number of anilines is 1. The third-order valence-corrected chi connectivity index (χ3v) is 5.73. The van der Waals surface area contributed by atoms with Crippen LogP contribution < -0.4 is 11.1 Å². The Labute approximate surface area is 209 Å². The normalized spacial score (nSPS) is 24.9. The van der Waals surface area contributed by atoms with E-state index in [1.165, 1.54) is 10.9 Å². The number of nitrogens with one attached hydrogen (secondary N) is 1. The fourth-order valence-electron chi connectivity index (χ4n) is 4.02. The van der Waals surface area contributed by atoms with E-state index in [-0.39, 0.29) is 24.8 Å². The Morgan fingerprint density at radius 2 is 2.08 bits per heavy atom.